The number of anilines is 1. The third-order valence-corrected chi connectivity index (χ3v) is 7.39. The van der Waals surface area contributed by atoms with Crippen molar-refractivity contribution < 1.29 is 4.74 Å². The van der Waals surface area contributed by atoms with E-state index in [0.29, 0.717) is 10.0 Å². The first kappa shape index (κ1) is 19.1. The summed E-state index contributed by atoms with van der Waals surface area (Å²) in [5.74, 6) is 0.930. The van der Waals surface area contributed by atoms with E-state index in [-0.39, 0.29) is 17.6 Å². The molecule has 0 bridgehead atoms. The van der Waals surface area contributed by atoms with Crippen LogP contribution in [0.25, 0.3) is 16.8 Å². The molecule has 3 aromatic rings. The standard InChI is InChI=1S/C21H23Cl2N5O/c1-13-19(24)21(11-29-13)5-7-27(8-6-21)20-17-9-25-12-28(17)16(10-26-20)14-3-2-4-15(22)18(14)23/h2-4,9-10,12-13,19H,5-8,11,24H2,1H3. The van der Waals surface area contributed by atoms with E-state index in [9.17, 15) is 0 Å². The fourth-order valence-electron chi connectivity index (χ4n) is 4.68. The van der Waals surface area contributed by atoms with E-state index in [1.807, 2.05) is 28.9 Å². The number of hydrogen-bond donors (Lipinski definition) is 1. The van der Waals surface area contributed by atoms with E-state index in [4.69, 9.17) is 38.7 Å². The lowest BCUT2D eigenvalue weighted by Crippen LogP contribution is -2.50. The van der Waals surface area contributed by atoms with Crippen molar-refractivity contribution >= 4 is 34.5 Å². The zero-order valence-electron chi connectivity index (χ0n) is 16.2. The summed E-state index contributed by atoms with van der Waals surface area (Å²) >= 11 is 12.7. The van der Waals surface area contributed by atoms with E-state index in [1.165, 1.54) is 0 Å². The van der Waals surface area contributed by atoms with Crippen molar-refractivity contribution in [1.82, 2.24) is 14.4 Å². The third-order valence-electron chi connectivity index (χ3n) is 6.57. The Morgan fingerprint density at radius 3 is 2.72 bits per heavy atom. The molecule has 2 aliphatic rings. The highest BCUT2D eigenvalue weighted by atomic mass is 35.5. The predicted molar refractivity (Wildman–Crippen MR) is 116 cm³/mol. The van der Waals surface area contributed by atoms with Gasteiger partial charge in [0, 0.05) is 30.1 Å². The number of rotatable bonds is 2. The van der Waals surface area contributed by atoms with Crippen molar-refractivity contribution in [3.63, 3.8) is 0 Å². The van der Waals surface area contributed by atoms with Crippen molar-refractivity contribution in [2.75, 3.05) is 24.6 Å². The number of benzene rings is 1. The molecule has 0 radical (unpaired) electrons. The maximum absolute atomic E-state index is 6.46. The average Bonchev–Trinajstić information content (AvgIpc) is 3.32. The van der Waals surface area contributed by atoms with Crippen LogP contribution >= 0.6 is 23.2 Å². The Balaban J connectivity index is 1.47. The van der Waals surface area contributed by atoms with Gasteiger partial charge in [0.25, 0.3) is 0 Å². The second kappa shape index (κ2) is 7.13. The largest absolute Gasteiger partial charge is 0.376 e. The Bertz CT molecular complexity index is 1060. The topological polar surface area (TPSA) is 68.7 Å². The first-order chi connectivity index (χ1) is 14.0. The molecule has 1 aromatic carbocycles. The van der Waals surface area contributed by atoms with Gasteiger partial charge in [-0.1, -0.05) is 35.3 Å². The smallest absolute Gasteiger partial charge is 0.154 e. The summed E-state index contributed by atoms with van der Waals surface area (Å²) in [4.78, 5) is 11.5. The van der Waals surface area contributed by atoms with Crippen molar-refractivity contribution in [2.45, 2.75) is 31.9 Å². The van der Waals surface area contributed by atoms with E-state index >= 15 is 0 Å². The van der Waals surface area contributed by atoms with Crippen molar-refractivity contribution in [2.24, 2.45) is 11.1 Å². The number of ether oxygens (including phenoxy) is 1. The molecule has 1 spiro atoms. The molecule has 2 aromatic heterocycles. The minimum atomic E-state index is 0.0840. The molecule has 6 nitrogen and oxygen atoms in total. The van der Waals surface area contributed by atoms with Gasteiger partial charge in [-0.15, -0.1) is 0 Å². The molecule has 5 rings (SSSR count). The van der Waals surface area contributed by atoms with E-state index in [2.05, 4.69) is 16.8 Å². The Labute approximate surface area is 179 Å². The molecule has 152 valence electrons. The molecule has 2 fully saturated rings. The Morgan fingerprint density at radius 1 is 1.21 bits per heavy atom. The van der Waals surface area contributed by atoms with Gasteiger partial charge in [0.1, 0.15) is 5.52 Å². The SMILES string of the molecule is CC1OCC2(CCN(c3ncc(-c4cccc(Cl)c4Cl)n4cncc34)CC2)C1N. The first-order valence-corrected chi connectivity index (χ1v) is 10.6. The Hall–Kier alpha value is -1.86. The quantitative estimate of drug-likeness (QED) is 0.662. The summed E-state index contributed by atoms with van der Waals surface area (Å²) in [5.41, 5.74) is 9.20. The Morgan fingerprint density at radius 2 is 2.00 bits per heavy atom. The van der Waals surface area contributed by atoms with Gasteiger partial charge in [-0.2, -0.15) is 0 Å². The number of piperidine rings is 1. The minimum Gasteiger partial charge on any atom is -0.376 e. The lowest BCUT2D eigenvalue weighted by atomic mass is 9.73. The van der Waals surface area contributed by atoms with Gasteiger partial charge in [0.05, 0.1) is 47.2 Å². The number of nitrogens with zero attached hydrogens (tertiary/aromatic N) is 4. The van der Waals surface area contributed by atoms with Crippen LogP contribution < -0.4 is 10.6 Å². The van der Waals surface area contributed by atoms with Crippen LogP contribution in [0.2, 0.25) is 10.0 Å². The van der Waals surface area contributed by atoms with Crippen molar-refractivity contribution in [3.8, 4) is 11.3 Å². The van der Waals surface area contributed by atoms with Crippen LogP contribution in [-0.2, 0) is 4.74 Å². The molecule has 4 heterocycles. The first-order valence-electron chi connectivity index (χ1n) is 9.88. The zero-order chi connectivity index (χ0) is 20.2. The fourth-order valence-corrected chi connectivity index (χ4v) is 5.08. The van der Waals surface area contributed by atoms with Crippen LogP contribution in [0.15, 0.2) is 36.9 Å². The zero-order valence-corrected chi connectivity index (χ0v) is 17.7. The second-order valence-corrected chi connectivity index (χ2v) is 8.89. The molecular formula is C21H23Cl2N5O. The van der Waals surface area contributed by atoms with Crippen molar-refractivity contribution in [3.05, 3.63) is 47.0 Å². The van der Waals surface area contributed by atoms with Gasteiger partial charge in [0.2, 0.25) is 0 Å². The van der Waals surface area contributed by atoms with Gasteiger partial charge in [-0.05, 0) is 25.8 Å². The number of hydrogen-bond acceptors (Lipinski definition) is 5. The summed E-state index contributed by atoms with van der Waals surface area (Å²) in [6, 6.07) is 5.71. The maximum Gasteiger partial charge on any atom is 0.154 e. The van der Waals surface area contributed by atoms with Crippen molar-refractivity contribution in [1.29, 1.82) is 0 Å². The predicted octanol–water partition coefficient (Wildman–Crippen LogP) is 4.04. The molecule has 0 amide bonds. The number of aromatic nitrogens is 3. The van der Waals surface area contributed by atoms with Gasteiger partial charge in [0.15, 0.2) is 5.82 Å². The van der Waals surface area contributed by atoms with Crippen LogP contribution in [0.1, 0.15) is 19.8 Å². The summed E-state index contributed by atoms with van der Waals surface area (Å²) in [6.07, 6.45) is 7.62. The molecule has 2 saturated heterocycles. The highest BCUT2D eigenvalue weighted by molar-refractivity contribution is 6.43. The summed E-state index contributed by atoms with van der Waals surface area (Å²) < 4.78 is 7.87. The number of fused-ring (bicyclic) bond motifs is 1. The van der Waals surface area contributed by atoms with Crippen LogP contribution in [0, 0.1) is 5.41 Å². The molecule has 29 heavy (non-hydrogen) atoms. The second-order valence-electron chi connectivity index (χ2n) is 8.11. The van der Waals surface area contributed by atoms with E-state index in [1.54, 1.807) is 12.4 Å². The van der Waals surface area contributed by atoms with E-state index < -0.39 is 0 Å². The summed E-state index contributed by atoms with van der Waals surface area (Å²) in [7, 11) is 0. The summed E-state index contributed by atoms with van der Waals surface area (Å²) in [6.45, 7) is 4.62. The van der Waals surface area contributed by atoms with Crippen LogP contribution in [-0.4, -0.2) is 46.2 Å². The van der Waals surface area contributed by atoms with Crippen LogP contribution in [0.5, 0.6) is 0 Å². The lowest BCUT2D eigenvalue weighted by Gasteiger charge is -2.41. The molecule has 2 unspecified atom stereocenters. The molecule has 2 atom stereocenters. The van der Waals surface area contributed by atoms with Gasteiger partial charge >= 0.3 is 0 Å². The number of nitrogens with two attached hydrogens (primary N) is 1. The number of imidazole rings is 1. The third kappa shape index (κ3) is 3.01. The van der Waals surface area contributed by atoms with Gasteiger partial charge < -0.3 is 15.4 Å². The lowest BCUT2D eigenvalue weighted by molar-refractivity contribution is 0.0974. The molecular weight excluding hydrogens is 409 g/mol. The fraction of sp³-hybridized carbons (Fsp3) is 0.429. The minimum absolute atomic E-state index is 0.0840. The molecule has 0 aliphatic carbocycles. The molecule has 0 saturated carbocycles. The number of halogens is 2. The highest BCUT2D eigenvalue weighted by Gasteiger charge is 2.47. The Kier molecular flexibility index (Phi) is 4.70. The van der Waals surface area contributed by atoms with Crippen LogP contribution in [0.3, 0.4) is 0 Å². The van der Waals surface area contributed by atoms with Gasteiger partial charge in [-0.25, -0.2) is 9.97 Å². The van der Waals surface area contributed by atoms with E-state index in [0.717, 1.165) is 55.1 Å². The molecule has 2 N–H and O–H groups in total. The normalized spacial score (nSPS) is 23.9. The highest BCUT2D eigenvalue weighted by Crippen LogP contribution is 2.42. The molecule has 8 heteroatoms. The average molecular weight is 432 g/mol. The monoisotopic (exact) mass is 431 g/mol. The summed E-state index contributed by atoms with van der Waals surface area (Å²) in [5, 5.41) is 1.04. The van der Waals surface area contributed by atoms with Crippen LogP contribution in [0.4, 0.5) is 5.82 Å². The maximum atomic E-state index is 6.46. The molecule has 2 aliphatic heterocycles. The van der Waals surface area contributed by atoms with Gasteiger partial charge in [-0.3, -0.25) is 4.40 Å².